The molecule has 0 spiro atoms. The van der Waals surface area contributed by atoms with Crippen molar-refractivity contribution in [3.63, 3.8) is 0 Å². The minimum absolute atomic E-state index is 0.0437. The zero-order valence-corrected chi connectivity index (χ0v) is 18.7. The lowest BCUT2D eigenvalue weighted by molar-refractivity contribution is -0.142. The SMILES string of the molecule is CC(C)(C)CCC(NC(=O)CNC(=O)OCC1c2ccccc2-c2ccccc21)C(=O)O. The molecule has 0 aromatic heterocycles. The predicted octanol–water partition coefficient (Wildman–Crippen LogP) is 3.92. The summed E-state index contributed by atoms with van der Waals surface area (Å²) in [5.41, 5.74) is 4.42. The summed E-state index contributed by atoms with van der Waals surface area (Å²) in [6, 6.07) is 15.0. The van der Waals surface area contributed by atoms with Crippen LogP contribution in [0.3, 0.4) is 0 Å². The molecule has 2 aromatic rings. The first-order chi connectivity index (χ1) is 15.2. The molecule has 170 valence electrons. The van der Waals surface area contributed by atoms with Crippen molar-refractivity contribution in [3.05, 3.63) is 59.7 Å². The van der Waals surface area contributed by atoms with Gasteiger partial charge in [-0.1, -0.05) is 69.3 Å². The van der Waals surface area contributed by atoms with E-state index in [2.05, 4.69) is 22.8 Å². The molecule has 3 rings (SSSR count). The Labute approximate surface area is 188 Å². The Morgan fingerprint density at radius 1 is 1.00 bits per heavy atom. The third kappa shape index (κ3) is 5.87. The standard InChI is InChI=1S/C25H30N2O5/c1-25(2,3)13-12-21(23(29)30)27-22(28)14-26-24(31)32-15-20-18-10-6-4-8-16(18)17-9-5-7-11-19(17)20/h4-11,20-21H,12-15H2,1-3H3,(H,26,31)(H,27,28)(H,29,30). The van der Waals surface area contributed by atoms with Gasteiger partial charge in [-0.05, 0) is 40.5 Å². The number of rotatable bonds is 8. The predicted molar refractivity (Wildman–Crippen MR) is 121 cm³/mol. The highest BCUT2D eigenvalue weighted by atomic mass is 16.5. The van der Waals surface area contributed by atoms with Crippen LogP contribution in [0.25, 0.3) is 11.1 Å². The van der Waals surface area contributed by atoms with Crippen LogP contribution in [-0.4, -0.2) is 42.3 Å². The van der Waals surface area contributed by atoms with E-state index >= 15 is 0 Å². The molecule has 1 unspecified atom stereocenters. The van der Waals surface area contributed by atoms with Crippen molar-refractivity contribution in [1.82, 2.24) is 10.6 Å². The normalized spacial score (nSPS) is 13.6. The molecule has 2 aromatic carbocycles. The first-order valence-electron chi connectivity index (χ1n) is 10.8. The van der Waals surface area contributed by atoms with Crippen molar-refractivity contribution in [2.75, 3.05) is 13.2 Å². The smallest absolute Gasteiger partial charge is 0.407 e. The number of hydrogen-bond acceptors (Lipinski definition) is 4. The number of nitrogens with one attached hydrogen (secondary N) is 2. The van der Waals surface area contributed by atoms with Crippen LogP contribution in [0.5, 0.6) is 0 Å². The molecule has 0 bridgehead atoms. The summed E-state index contributed by atoms with van der Waals surface area (Å²) in [5, 5.41) is 14.2. The van der Waals surface area contributed by atoms with Gasteiger partial charge in [0.2, 0.25) is 5.91 Å². The van der Waals surface area contributed by atoms with Crippen LogP contribution in [0, 0.1) is 5.41 Å². The second-order valence-electron chi connectivity index (χ2n) is 9.24. The van der Waals surface area contributed by atoms with E-state index in [-0.39, 0.29) is 24.5 Å². The summed E-state index contributed by atoms with van der Waals surface area (Å²) in [4.78, 5) is 35.7. The zero-order valence-electron chi connectivity index (χ0n) is 18.7. The molecule has 1 aliphatic carbocycles. The lowest BCUT2D eigenvalue weighted by Crippen LogP contribution is -2.46. The molecular weight excluding hydrogens is 408 g/mol. The van der Waals surface area contributed by atoms with Gasteiger partial charge in [0, 0.05) is 5.92 Å². The topological polar surface area (TPSA) is 105 Å². The molecule has 7 heteroatoms. The van der Waals surface area contributed by atoms with Gasteiger partial charge in [0.15, 0.2) is 0 Å². The highest BCUT2D eigenvalue weighted by molar-refractivity contribution is 5.86. The third-order valence-electron chi connectivity index (χ3n) is 5.55. The first kappa shape index (κ1) is 23.3. The van der Waals surface area contributed by atoms with E-state index < -0.39 is 24.0 Å². The molecule has 7 nitrogen and oxygen atoms in total. The van der Waals surface area contributed by atoms with E-state index in [1.54, 1.807) is 0 Å². The molecule has 0 saturated heterocycles. The molecule has 2 amide bonds. The molecule has 1 aliphatic rings. The van der Waals surface area contributed by atoms with E-state index in [0.29, 0.717) is 12.8 Å². The van der Waals surface area contributed by atoms with Gasteiger partial charge in [-0.3, -0.25) is 4.79 Å². The Hall–Kier alpha value is -3.35. The molecule has 0 aliphatic heterocycles. The monoisotopic (exact) mass is 438 g/mol. The van der Waals surface area contributed by atoms with Gasteiger partial charge in [0.25, 0.3) is 0 Å². The first-order valence-corrected chi connectivity index (χ1v) is 10.8. The minimum Gasteiger partial charge on any atom is -0.480 e. The Morgan fingerprint density at radius 3 is 2.09 bits per heavy atom. The number of carbonyl (C=O) groups is 3. The Morgan fingerprint density at radius 2 is 1.56 bits per heavy atom. The maximum Gasteiger partial charge on any atom is 0.407 e. The lowest BCUT2D eigenvalue weighted by atomic mass is 9.88. The fourth-order valence-corrected chi connectivity index (χ4v) is 3.88. The van der Waals surface area contributed by atoms with E-state index in [1.165, 1.54) is 0 Å². The van der Waals surface area contributed by atoms with Crippen molar-refractivity contribution < 1.29 is 24.2 Å². The van der Waals surface area contributed by atoms with Crippen molar-refractivity contribution in [2.24, 2.45) is 5.41 Å². The molecule has 0 heterocycles. The van der Waals surface area contributed by atoms with Gasteiger partial charge in [-0.25, -0.2) is 9.59 Å². The van der Waals surface area contributed by atoms with Crippen LogP contribution in [0.15, 0.2) is 48.5 Å². The molecule has 32 heavy (non-hydrogen) atoms. The maximum atomic E-state index is 12.2. The van der Waals surface area contributed by atoms with Crippen LogP contribution in [0.4, 0.5) is 4.79 Å². The Kier molecular flexibility index (Phi) is 7.18. The molecule has 0 saturated carbocycles. The summed E-state index contributed by atoms with van der Waals surface area (Å²) < 4.78 is 5.39. The van der Waals surface area contributed by atoms with E-state index in [1.807, 2.05) is 57.2 Å². The van der Waals surface area contributed by atoms with Gasteiger partial charge in [0.1, 0.15) is 19.2 Å². The summed E-state index contributed by atoms with van der Waals surface area (Å²) in [5.74, 6) is -1.74. The average Bonchev–Trinajstić information content (AvgIpc) is 3.06. The number of fused-ring (bicyclic) bond motifs is 3. The van der Waals surface area contributed by atoms with Crippen LogP contribution in [-0.2, 0) is 14.3 Å². The number of aliphatic carboxylic acids is 1. The van der Waals surface area contributed by atoms with Gasteiger partial charge >= 0.3 is 12.1 Å². The summed E-state index contributed by atoms with van der Waals surface area (Å²) in [6.45, 7) is 5.81. The van der Waals surface area contributed by atoms with Crippen LogP contribution < -0.4 is 10.6 Å². The van der Waals surface area contributed by atoms with Gasteiger partial charge in [-0.15, -0.1) is 0 Å². The lowest BCUT2D eigenvalue weighted by Gasteiger charge is -2.21. The van der Waals surface area contributed by atoms with E-state index in [9.17, 15) is 19.5 Å². The highest BCUT2D eigenvalue weighted by Crippen LogP contribution is 2.44. The fraction of sp³-hybridized carbons (Fsp3) is 0.400. The number of carboxylic acid groups (broad SMARTS) is 1. The second-order valence-corrected chi connectivity index (χ2v) is 9.24. The van der Waals surface area contributed by atoms with Crippen molar-refractivity contribution in [3.8, 4) is 11.1 Å². The molecule has 1 atom stereocenters. The zero-order chi connectivity index (χ0) is 23.3. The molecular formula is C25H30N2O5. The summed E-state index contributed by atoms with van der Waals surface area (Å²) in [7, 11) is 0. The van der Waals surface area contributed by atoms with Crippen molar-refractivity contribution in [1.29, 1.82) is 0 Å². The minimum atomic E-state index is -1.09. The fourth-order valence-electron chi connectivity index (χ4n) is 3.88. The average molecular weight is 439 g/mol. The van der Waals surface area contributed by atoms with Crippen LogP contribution >= 0.6 is 0 Å². The van der Waals surface area contributed by atoms with Gasteiger partial charge in [0.05, 0.1) is 0 Å². The number of ether oxygens (including phenoxy) is 1. The Bertz CT molecular complexity index is 950. The number of alkyl carbamates (subject to hydrolysis) is 1. The van der Waals surface area contributed by atoms with Crippen molar-refractivity contribution >= 4 is 18.0 Å². The van der Waals surface area contributed by atoms with E-state index in [4.69, 9.17) is 4.74 Å². The molecule has 0 fully saturated rings. The number of carboxylic acids is 1. The van der Waals surface area contributed by atoms with Crippen LogP contribution in [0.2, 0.25) is 0 Å². The Balaban J connectivity index is 1.50. The van der Waals surface area contributed by atoms with E-state index in [0.717, 1.165) is 22.3 Å². The summed E-state index contributed by atoms with van der Waals surface area (Å²) >= 11 is 0. The largest absolute Gasteiger partial charge is 0.480 e. The maximum absolute atomic E-state index is 12.2. The molecule has 0 radical (unpaired) electrons. The summed E-state index contributed by atoms with van der Waals surface area (Å²) in [6.07, 6.45) is 0.239. The number of amides is 2. The van der Waals surface area contributed by atoms with Crippen molar-refractivity contribution in [2.45, 2.75) is 45.6 Å². The quantitative estimate of drug-likeness (QED) is 0.579. The second kappa shape index (κ2) is 9.85. The number of hydrogen-bond donors (Lipinski definition) is 3. The number of carbonyl (C=O) groups excluding carboxylic acids is 2. The third-order valence-corrected chi connectivity index (χ3v) is 5.55. The molecule has 3 N–H and O–H groups in total. The van der Waals surface area contributed by atoms with Gasteiger partial charge < -0.3 is 20.5 Å². The number of benzene rings is 2. The van der Waals surface area contributed by atoms with Crippen LogP contribution in [0.1, 0.15) is 50.7 Å². The highest BCUT2D eigenvalue weighted by Gasteiger charge is 2.29. The van der Waals surface area contributed by atoms with Gasteiger partial charge in [-0.2, -0.15) is 0 Å².